The van der Waals surface area contributed by atoms with Crippen molar-refractivity contribution < 1.29 is 9.55 Å². The number of benzene rings is 1. The van der Waals surface area contributed by atoms with Crippen LogP contribution in [0.4, 0.5) is 11.4 Å². The van der Waals surface area contributed by atoms with Crippen LogP contribution in [0.2, 0.25) is 0 Å². The van der Waals surface area contributed by atoms with Gasteiger partial charge in [0.1, 0.15) is 0 Å². The second kappa shape index (κ2) is 4.96. The Morgan fingerprint density at radius 3 is 2.67 bits per heavy atom. The number of fused-ring (bicyclic) bond motifs is 1. The number of nitrogens with zero attached hydrogens (tertiary/aromatic N) is 4. The van der Waals surface area contributed by atoms with E-state index in [2.05, 4.69) is 39.3 Å². The SMILES string of the molecule is CN(C)C1(CNc2ccc([N+](=O)[O-])c3nonc23)CCC1. The number of anilines is 1. The molecule has 0 spiro atoms. The predicted octanol–water partition coefficient (Wildman–Crippen LogP) is 2.03. The molecule has 0 amide bonds. The summed E-state index contributed by atoms with van der Waals surface area (Å²) in [6.45, 7) is 0.764. The Hall–Kier alpha value is -2.22. The van der Waals surface area contributed by atoms with Gasteiger partial charge in [0, 0.05) is 18.2 Å². The smallest absolute Gasteiger partial charge is 0.300 e. The molecule has 112 valence electrons. The Kier molecular flexibility index (Phi) is 3.25. The summed E-state index contributed by atoms with van der Waals surface area (Å²) < 4.78 is 4.66. The number of hydrogen-bond acceptors (Lipinski definition) is 7. The van der Waals surface area contributed by atoms with Gasteiger partial charge in [-0.1, -0.05) is 0 Å². The first-order chi connectivity index (χ1) is 10.0. The average molecular weight is 291 g/mol. The van der Waals surface area contributed by atoms with E-state index < -0.39 is 4.92 Å². The van der Waals surface area contributed by atoms with E-state index in [-0.39, 0.29) is 16.7 Å². The summed E-state index contributed by atoms with van der Waals surface area (Å²) in [5, 5.41) is 21.7. The van der Waals surface area contributed by atoms with Crippen LogP contribution < -0.4 is 5.32 Å². The molecule has 0 atom stereocenters. The van der Waals surface area contributed by atoms with E-state index in [4.69, 9.17) is 0 Å². The number of non-ortho nitro benzene ring substituents is 1. The number of nitrogens with one attached hydrogen (secondary N) is 1. The van der Waals surface area contributed by atoms with Gasteiger partial charge in [-0.2, -0.15) is 0 Å². The van der Waals surface area contributed by atoms with Crippen molar-refractivity contribution >= 4 is 22.4 Å². The molecule has 1 aromatic carbocycles. The third kappa shape index (κ3) is 2.21. The highest BCUT2D eigenvalue weighted by Gasteiger charge is 2.39. The molecule has 8 nitrogen and oxygen atoms in total. The zero-order valence-electron chi connectivity index (χ0n) is 12.0. The summed E-state index contributed by atoms with van der Waals surface area (Å²) in [5.74, 6) is 0. The van der Waals surface area contributed by atoms with Crippen molar-refractivity contribution in [2.45, 2.75) is 24.8 Å². The highest BCUT2D eigenvalue weighted by Crippen LogP contribution is 2.37. The van der Waals surface area contributed by atoms with Crippen molar-refractivity contribution in [3.05, 3.63) is 22.2 Å². The van der Waals surface area contributed by atoms with Crippen LogP contribution in [0.5, 0.6) is 0 Å². The molecule has 1 aromatic heterocycles. The van der Waals surface area contributed by atoms with Crippen molar-refractivity contribution in [1.29, 1.82) is 0 Å². The third-order valence-corrected chi connectivity index (χ3v) is 4.43. The number of aromatic nitrogens is 2. The normalized spacial score (nSPS) is 16.9. The predicted molar refractivity (Wildman–Crippen MR) is 77.2 cm³/mol. The Balaban J connectivity index is 1.87. The van der Waals surface area contributed by atoms with Crippen molar-refractivity contribution in [1.82, 2.24) is 15.2 Å². The van der Waals surface area contributed by atoms with Gasteiger partial charge in [0.25, 0.3) is 0 Å². The monoisotopic (exact) mass is 291 g/mol. The number of nitro benzene ring substituents is 1. The fraction of sp³-hybridized carbons (Fsp3) is 0.538. The first kappa shape index (κ1) is 13.7. The van der Waals surface area contributed by atoms with Gasteiger partial charge in [-0.05, 0) is 49.7 Å². The molecule has 0 saturated heterocycles. The van der Waals surface area contributed by atoms with E-state index >= 15 is 0 Å². The van der Waals surface area contributed by atoms with Crippen molar-refractivity contribution in [3.63, 3.8) is 0 Å². The van der Waals surface area contributed by atoms with Gasteiger partial charge in [0.05, 0.1) is 10.6 Å². The second-order valence-electron chi connectivity index (χ2n) is 5.68. The minimum Gasteiger partial charge on any atom is -0.381 e. The molecule has 2 aromatic rings. The molecule has 0 radical (unpaired) electrons. The lowest BCUT2D eigenvalue weighted by Gasteiger charge is -2.47. The molecule has 1 fully saturated rings. The Bertz CT molecular complexity index is 677. The maximum Gasteiger partial charge on any atom is 0.300 e. The Morgan fingerprint density at radius 1 is 1.38 bits per heavy atom. The van der Waals surface area contributed by atoms with Crippen LogP contribution >= 0.6 is 0 Å². The standard InChI is InChI=1S/C13H17N5O3/c1-17(2)13(6-3-7-13)8-14-9-4-5-10(18(19)20)12-11(9)15-21-16-12/h4-5,14H,3,6-8H2,1-2H3. The Labute approximate surface area is 121 Å². The molecular formula is C13H17N5O3. The number of rotatable bonds is 5. The molecule has 1 N–H and O–H groups in total. The zero-order chi connectivity index (χ0) is 15.0. The van der Waals surface area contributed by atoms with Gasteiger partial charge in [-0.15, -0.1) is 0 Å². The minimum atomic E-state index is -0.483. The zero-order valence-corrected chi connectivity index (χ0v) is 12.0. The topological polar surface area (TPSA) is 97.3 Å². The van der Waals surface area contributed by atoms with Gasteiger partial charge < -0.3 is 10.2 Å². The van der Waals surface area contributed by atoms with Crippen LogP contribution in [-0.2, 0) is 0 Å². The van der Waals surface area contributed by atoms with E-state index in [0.717, 1.165) is 19.4 Å². The summed E-state index contributed by atoms with van der Waals surface area (Å²) in [6, 6.07) is 3.09. The first-order valence-electron chi connectivity index (χ1n) is 6.84. The van der Waals surface area contributed by atoms with Gasteiger partial charge in [-0.3, -0.25) is 10.1 Å². The summed E-state index contributed by atoms with van der Waals surface area (Å²) in [7, 11) is 4.15. The van der Waals surface area contributed by atoms with E-state index in [1.807, 2.05) is 0 Å². The summed E-state index contributed by atoms with van der Waals surface area (Å²) in [6.07, 6.45) is 3.50. The van der Waals surface area contributed by atoms with E-state index in [1.165, 1.54) is 12.5 Å². The van der Waals surface area contributed by atoms with Crippen LogP contribution in [0.25, 0.3) is 11.0 Å². The van der Waals surface area contributed by atoms with E-state index in [0.29, 0.717) is 11.2 Å². The molecule has 8 heteroatoms. The van der Waals surface area contributed by atoms with Crippen molar-refractivity contribution in [3.8, 4) is 0 Å². The highest BCUT2D eigenvalue weighted by atomic mass is 16.6. The van der Waals surface area contributed by atoms with Gasteiger partial charge in [0.2, 0.25) is 5.52 Å². The summed E-state index contributed by atoms with van der Waals surface area (Å²) in [5.41, 5.74) is 1.34. The highest BCUT2D eigenvalue weighted by molar-refractivity contribution is 5.93. The molecule has 3 rings (SSSR count). The largest absolute Gasteiger partial charge is 0.381 e. The number of nitro groups is 1. The van der Waals surface area contributed by atoms with Crippen molar-refractivity contribution in [2.75, 3.05) is 26.0 Å². The van der Waals surface area contributed by atoms with Crippen molar-refractivity contribution in [2.24, 2.45) is 0 Å². The summed E-state index contributed by atoms with van der Waals surface area (Å²) in [4.78, 5) is 12.7. The fourth-order valence-electron chi connectivity index (χ4n) is 2.77. The molecular weight excluding hydrogens is 274 g/mol. The van der Waals surface area contributed by atoms with Crippen LogP contribution in [0.1, 0.15) is 19.3 Å². The molecule has 0 aliphatic heterocycles. The van der Waals surface area contributed by atoms with Crippen LogP contribution in [0.15, 0.2) is 16.8 Å². The van der Waals surface area contributed by atoms with Gasteiger partial charge >= 0.3 is 5.69 Å². The molecule has 1 aliphatic rings. The molecule has 0 unspecified atom stereocenters. The van der Waals surface area contributed by atoms with E-state index in [1.54, 1.807) is 6.07 Å². The lowest BCUT2D eigenvalue weighted by atomic mass is 9.75. The second-order valence-corrected chi connectivity index (χ2v) is 5.68. The fourth-order valence-corrected chi connectivity index (χ4v) is 2.77. The Morgan fingerprint density at radius 2 is 2.10 bits per heavy atom. The summed E-state index contributed by atoms with van der Waals surface area (Å²) >= 11 is 0. The maximum absolute atomic E-state index is 11.0. The molecule has 1 aliphatic carbocycles. The van der Waals surface area contributed by atoms with Crippen LogP contribution in [0, 0.1) is 10.1 Å². The average Bonchev–Trinajstić information content (AvgIpc) is 2.85. The number of likely N-dealkylation sites (N-methyl/N-ethyl adjacent to an activating group) is 1. The maximum atomic E-state index is 11.0. The third-order valence-electron chi connectivity index (χ3n) is 4.43. The molecule has 1 heterocycles. The van der Waals surface area contributed by atoms with Gasteiger partial charge in [-0.25, -0.2) is 4.63 Å². The van der Waals surface area contributed by atoms with Crippen LogP contribution in [-0.4, -0.2) is 46.3 Å². The minimum absolute atomic E-state index is 0.0947. The lowest BCUT2D eigenvalue weighted by molar-refractivity contribution is -0.383. The molecule has 21 heavy (non-hydrogen) atoms. The first-order valence-corrected chi connectivity index (χ1v) is 6.84. The quantitative estimate of drug-likeness (QED) is 0.664. The molecule has 1 saturated carbocycles. The molecule has 0 bridgehead atoms. The van der Waals surface area contributed by atoms with Crippen LogP contribution in [0.3, 0.4) is 0 Å². The van der Waals surface area contributed by atoms with E-state index in [9.17, 15) is 10.1 Å². The van der Waals surface area contributed by atoms with Gasteiger partial charge in [0.15, 0.2) is 5.52 Å². The lowest BCUT2D eigenvalue weighted by Crippen LogP contribution is -2.54. The number of hydrogen-bond donors (Lipinski definition) is 1.